The molecule has 11 atom stereocenters. The van der Waals surface area contributed by atoms with Crippen LogP contribution in [-0.2, 0) is 4.74 Å². The normalized spacial score (nSPS) is 55.9. The number of ether oxygens (including phenoxy) is 1. The maximum Gasteiger partial charge on any atom is 0.365 e. The van der Waals surface area contributed by atoms with Gasteiger partial charge in [0.15, 0.2) is 6.10 Å². The molecule has 0 bridgehead atoms. The van der Waals surface area contributed by atoms with Crippen molar-refractivity contribution >= 4 is 0 Å². The Bertz CT molecular complexity index is 892. The third-order valence-electron chi connectivity index (χ3n) is 12.1. The van der Waals surface area contributed by atoms with Crippen LogP contribution in [0.4, 0.5) is 0 Å². The number of hydrogen-bond acceptors (Lipinski definition) is 3. The van der Waals surface area contributed by atoms with Crippen molar-refractivity contribution in [2.45, 2.75) is 115 Å². The number of nitrogens with two attached hydrogens (primary N) is 1. The Morgan fingerprint density at radius 2 is 1.94 bits per heavy atom. The highest BCUT2D eigenvalue weighted by Crippen LogP contribution is 2.65. The predicted molar refractivity (Wildman–Crippen MR) is 134 cm³/mol. The van der Waals surface area contributed by atoms with Crippen molar-refractivity contribution in [3.8, 4) is 6.57 Å². The molecule has 0 aromatic rings. The first kappa shape index (κ1) is 22.6. The molecular formula is C29H46N3O+. The van der Waals surface area contributed by atoms with E-state index in [0.29, 0.717) is 23.3 Å². The summed E-state index contributed by atoms with van der Waals surface area (Å²) in [6.07, 6.45) is 12.6. The van der Waals surface area contributed by atoms with E-state index in [1.165, 1.54) is 44.9 Å². The van der Waals surface area contributed by atoms with Gasteiger partial charge in [-0.1, -0.05) is 36.8 Å². The molecule has 33 heavy (non-hydrogen) atoms. The Balaban J connectivity index is 1.30. The highest BCUT2D eigenvalue weighted by molar-refractivity contribution is 5.31. The smallest absolute Gasteiger partial charge is 0.360 e. The van der Waals surface area contributed by atoms with E-state index in [-0.39, 0.29) is 11.7 Å². The summed E-state index contributed by atoms with van der Waals surface area (Å²) in [6.45, 7) is 16.8. The topological polar surface area (TPSA) is 51.6 Å². The van der Waals surface area contributed by atoms with E-state index in [2.05, 4.69) is 37.9 Å². The van der Waals surface area contributed by atoms with Gasteiger partial charge in [-0.3, -0.25) is 0 Å². The molecule has 4 nitrogen and oxygen atoms in total. The van der Waals surface area contributed by atoms with Crippen molar-refractivity contribution in [3.63, 3.8) is 0 Å². The number of fused-ring (bicyclic) bond motifs is 6. The van der Waals surface area contributed by atoms with Gasteiger partial charge in [-0.15, -0.1) is 0 Å². The van der Waals surface area contributed by atoms with Gasteiger partial charge in [-0.25, -0.2) is 5.32 Å². The quantitative estimate of drug-likeness (QED) is 0.462. The summed E-state index contributed by atoms with van der Waals surface area (Å²) in [5.41, 5.74) is 9.82. The molecule has 0 amide bonds. The molecule has 0 aromatic heterocycles. The number of piperidine rings is 1. The van der Waals surface area contributed by atoms with Crippen LogP contribution >= 0.6 is 0 Å². The number of rotatable bonds is 0. The lowest BCUT2D eigenvalue weighted by Crippen LogP contribution is -2.59. The molecule has 4 aliphatic carbocycles. The SMILES string of the molecule is C#[N+][C@@]12NC[C@@H](C)C[C@H]1O[C@]1(CC[C@@H]3C(=C(C)C1)C[C@H]1[C@H]3CC[C@@H]3C[C@H](N)CC[C@@]31C)[C@@H]2C. The summed E-state index contributed by atoms with van der Waals surface area (Å²) < 4.78 is 7.06. The van der Waals surface area contributed by atoms with Crippen LogP contribution in [-0.4, -0.2) is 30.0 Å². The second-order valence-electron chi connectivity index (χ2n) is 13.5. The number of nitrogens with zero attached hydrogens (tertiary/aromatic N) is 1. The van der Waals surface area contributed by atoms with Crippen LogP contribution in [0.2, 0.25) is 0 Å². The van der Waals surface area contributed by atoms with E-state index < -0.39 is 5.66 Å². The van der Waals surface area contributed by atoms with Gasteiger partial charge in [0, 0.05) is 12.6 Å². The van der Waals surface area contributed by atoms with E-state index >= 15 is 0 Å². The molecule has 4 heteroatoms. The average Bonchev–Trinajstić information content (AvgIpc) is 3.23. The van der Waals surface area contributed by atoms with E-state index in [0.717, 1.165) is 49.5 Å². The molecule has 0 unspecified atom stereocenters. The van der Waals surface area contributed by atoms with E-state index in [1.807, 2.05) is 5.57 Å². The third-order valence-corrected chi connectivity index (χ3v) is 12.1. The number of hydrogen-bond donors (Lipinski definition) is 2. The Hall–Kier alpha value is -0.890. The van der Waals surface area contributed by atoms with Gasteiger partial charge in [0.1, 0.15) is 0 Å². The fourth-order valence-corrected chi connectivity index (χ4v) is 10.1. The fourth-order valence-electron chi connectivity index (χ4n) is 10.1. The molecule has 0 radical (unpaired) electrons. The van der Waals surface area contributed by atoms with Crippen molar-refractivity contribution in [2.75, 3.05) is 6.54 Å². The lowest BCUT2D eigenvalue weighted by Gasteiger charge is -2.54. The molecular weight excluding hydrogens is 406 g/mol. The standard InChI is InChI=1S/C29H46N3O/c1-17-12-26-29(31-5,32-16-17)19(3)28(33-26)11-9-22-23-7-6-20-13-21(30)8-10-27(20,4)25(23)14-24(22)18(2)15-28/h5,17,19-23,25-26,32H,6-16,30H2,1-4H3/q+1/t17-,19-,20+,21+,22-,23-,25-,26+,27-,28-,29-/m0/s1. The van der Waals surface area contributed by atoms with E-state index in [9.17, 15) is 0 Å². The first-order chi connectivity index (χ1) is 15.7. The molecule has 1 spiro atoms. The van der Waals surface area contributed by atoms with Gasteiger partial charge >= 0.3 is 5.66 Å². The van der Waals surface area contributed by atoms with Gasteiger partial charge in [0.25, 0.3) is 6.57 Å². The lowest BCUT2D eigenvalue weighted by atomic mass is 9.52. The Labute approximate surface area is 201 Å². The summed E-state index contributed by atoms with van der Waals surface area (Å²) in [6, 6.07) is 0.438. The summed E-state index contributed by atoms with van der Waals surface area (Å²) in [5, 5.41) is 3.74. The summed E-state index contributed by atoms with van der Waals surface area (Å²) in [4.78, 5) is 4.50. The molecule has 0 aromatic carbocycles. The van der Waals surface area contributed by atoms with Crippen LogP contribution in [0.5, 0.6) is 0 Å². The van der Waals surface area contributed by atoms with Crippen LogP contribution in [0.3, 0.4) is 0 Å². The minimum atomic E-state index is -0.411. The van der Waals surface area contributed by atoms with E-state index in [4.69, 9.17) is 17.0 Å². The maximum atomic E-state index is 7.06. The molecule has 3 saturated carbocycles. The van der Waals surface area contributed by atoms with Gasteiger partial charge in [0.2, 0.25) is 0 Å². The fraction of sp³-hybridized carbons (Fsp3) is 0.897. The predicted octanol–water partition coefficient (Wildman–Crippen LogP) is 5.73. The van der Waals surface area contributed by atoms with Crippen molar-refractivity contribution < 1.29 is 4.74 Å². The zero-order valence-electron chi connectivity index (χ0n) is 21.4. The zero-order valence-corrected chi connectivity index (χ0v) is 21.4. The summed E-state index contributed by atoms with van der Waals surface area (Å²) >= 11 is 0. The zero-order chi connectivity index (χ0) is 23.2. The van der Waals surface area contributed by atoms with Crippen LogP contribution in [0.25, 0.3) is 4.85 Å². The molecule has 182 valence electrons. The average molecular weight is 453 g/mol. The second-order valence-corrected chi connectivity index (χ2v) is 13.5. The van der Waals surface area contributed by atoms with Crippen molar-refractivity contribution in [3.05, 3.63) is 16.0 Å². The highest BCUT2D eigenvalue weighted by Gasteiger charge is 2.71. The molecule has 2 saturated heterocycles. The van der Waals surface area contributed by atoms with Gasteiger partial charge in [0.05, 0.1) is 11.5 Å². The Morgan fingerprint density at radius 3 is 2.73 bits per heavy atom. The molecule has 6 aliphatic rings. The number of allylic oxidation sites excluding steroid dienone is 1. The molecule has 2 aliphatic heterocycles. The van der Waals surface area contributed by atoms with Crippen molar-refractivity contribution in [2.24, 2.45) is 46.7 Å². The van der Waals surface area contributed by atoms with Gasteiger partial charge in [-0.2, -0.15) is 0 Å². The third kappa shape index (κ3) is 3.04. The van der Waals surface area contributed by atoms with Crippen LogP contribution < -0.4 is 11.1 Å². The maximum absolute atomic E-state index is 7.06. The summed E-state index contributed by atoms with van der Waals surface area (Å²) in [7, 11) is 0. The second kappa shape index (κ2) is 7.55. The Kier molecular flexibility index (Phi) is 5.16. The lowest BCUT2D eigenvalue weighted by molar-refractivity contribution is -0.0765. The molecule has 6 rings (SSSR count). The van der Waals surface area contributed by atoms with Crippen LogP contribution in [0.15, 0.2) is 11.1 Å². The minimum Gasteiger partial charge on any atom is -0.360 e. The molecule has 3 N–H and O–H groups in total. The van der Waals surface area contributed by atoms with Crippen molar-refractivity contribution in [1.82, 2.24) is 5.32 Å². The van der Waals surface area contributed by atoms with Crippen LogP contribution in [0.1, 0.15) is 91.9 Å². The number of nitrogens with one attached hydrogen (secondary N) is 1. The largest absolute Gasteiger partial charge is 0.365 e. The first-order valence-corrected chi connectivity index (χ1v) is 14.0. The van der Waals surface area contributed by atoms with Gasteiger partial charge in [-0.05, 0) is 106 Å². The first-order valence-electron chi connectivity index (χ1n) is 14.0. The molecule has 5 fully saturated rings. The Morgan fingerprint density at radius 1 is 1.12 bits per heavy atom. The summed E-state index contributed by atoms with van der Waals surface area (Å²) in [5.74, 6) is 4.25. The van der Waals surface area contributed by atoms with Crippen molar-refractivity contribution in [1.29, 1.82) is 0 Å². The van der Waals surface area contributed by atoms with Gasteiger partial charge < -0.3 is 10.5 Å². The van der Waals surface area contributed by atoms with E-state index in [1.54, 1.807) is 5.57 Å². The monoisotopic (exact) mass is 452 g/mol. The van der Waals surface area contributed by atoms with Crippen LogP contribution in [0, 0.1) is 47.5 Å². The highest BCUT2D eigenvalue weighted by atomic mass is 16.5. The molecule has 2 heterocycles. The minimum absolute atomic E-state index is 0.102.